The number of nitrogens with zero attached hydrogens (tertiary/aromatic N) is 3. The van der Waals surface area contributed by atoms with Gasteiger partial charge in [0.1, 0.15) is 16.2 Å². The Hall–Kier alpha value is -2.10. The van der Waals surface area contributed by atoms with Crippen LogP contribution in [0.5, 0.6) is 0 Å². The lowest BCUT2D eigenvalue weighted by atomic mass is 9.95. The van der Waals surface area contributed by atoms with Gasteiger partial charge in [-0.2, -0.15) is 0 Å². The third kappa shape index (κ3) is 6.37. The average molecular weight is 505 g/mol. The van der Waals surface area contributed by atoms with E-state index in [2.05, 4.69) is 4.72 Å². The molecule has 0 radical (unpaired) electrons. The highest BCUT2D eigenvalue weighted by Gasteiger charge is 2.31. The van der Waals surface area contributed by atoms with Crippen LogP contribution in [0.25, 0.3) is 10.9 Å². The summed E-state index contributed by atoms with van der Waals surface area (Å²) in [5, 5.41) is 0.563. The third-order valence-corrected chi connectivity index (χ3v) is 7.89. The maximum atomic E-state index is 13.4. The van der Waals surface area contributed by atoms with Gasteiger partial charge in [-0.1, -0.05) is 6.07 Å². The summed E-state index contributed by atoms with van der Waals surface area (Å²) in [6.45, 7) is 16.4. The van der Waals surface area contributed by atoms with Crippen molar-refractivity contribution in [2.24, 2.45) is 7.05 Å². The summed E-state index contributed by atoms with van der Waals surface area (Å²) >= 11 is -1.26. The number of carbonyl (C=O) groups excluding carboxylic acids is 1. The number of rotatable bonds is 4. The van der Waals surface area contributed by atoms with Crippen molar-refractivity contribution in [3.63, 3.8) is 0 Å². The van der Waals surface area contributed by atoms with E-state index in [-0.39, 0.29) is 23.6 Å². The van der Waals surface area contributed by atoms with Crippen LogP contribution in [0.3, 0.4) is 0 Å². The number of hydrogen-bond acceptors (Lipinski definition) is 6. The van der Waals surface area contributed by atoms with E-state index in [4.69, 9.17) is 9.72 Å². The van der Waals surface area contributed by atoms with Gasteiger partial charge in [-0.3, -0.25) is 9.36 Å². The smallest absolute Gasteiger partial charge is 0.410 e. The first-order valence-corrected chi connectivity index (χ1v) is 13.4. The van der Waals surface area contributed by atoms with Crippen LogP contribution in [0.4, 0.5) is 4.79 Å². The van der Waals surface area contributed by atoms with E-state index in [1.165, 1.54) is 0 Å². The fourth-order valence-electron chi connectivity index (χ4n) is 4.31. The SMILES string of the molecule is Cc1cc(C(C)N[S@+]([O-])C(C)(C)C)c2nc(C3CCN(C(=O)OC(C)(C)C)CC3)n(C)c(=O)c2c1. The quantitative estimate of drug-likeness (QED) is 0.617. The molecule has 35 heavy (non-hydrogen) atoms. The summed E-state index contributed by atoms with van der Waals surface area (Å²) < 4.78 is 22.7. The Morgan fingerprint density at radius 3 is 2.34 bits per heavy atom. The molecule has 0 spiro atoms. The van der Waals surface area contributed by atoms with Crippen LogP contribution in [0, 0.1) is 6.92 Å². The van der Waals surface area contributed by atoms with Gasteiger partial charge in [-0.15, -0.1) is 4.72 Å². The predicted octanol–water partition coefficient (Wildman–Crippen LogP) is 4.47. The number of amides is 1. The van der Waals surface area contributed by atoms with Crippen LogP contribution < -0.4 is 10.3 Å². The van der Waals surface area contributed by atoms with Gasteiger partial charge in [0.05, 0.1) is 16.9 Å². The first kappa shape index (κ1) is 27.5. The van der Waals surface area contributed by atoms with Crippen LogP contribution >= 0.6 is 0 Å². The lowest BCUT2D eigenvalue weighted by molar-refractivity contribution is 0.0202. The molecule has 1 aromatic carbocycles. The molecule has 0 saturated carbocycles. The van der Waals surface area contributed by atoms with E-state index < -0.39 is 21.7 Å². The second-order valence-corrected chi connectivity index (χ2v) is 13.5. The molecular weight excluding hydrogens is 464 g/mol. The Morgan fingerprint density at radius 2 is 1.80 bits per heavy atom. The van der Waals surface area contributed by atoms with Gasteiger partial charge < -0.3 is 14.2 Å². The molecule has 2 heterocycles. The predicted molar refractivity (Wildman–Crippen MR) is 141 cm³/mol. The molecule has 0 aliphatic carbocycles. The molecular formula is C26H40N4O4S. The van der Waals surface area contributed by atoms with Crippen LogP contribution in [0.15, 0.2) is 16.9 Å². The zero-order valence-corrected chi connectivity index (χ0v) is 23.3. The molecule has 8 nitrogen and oxygen atoms in total. The first-order chi connectivity index (χ1) is 16.1. The molecule has 1 saturated heterocycles. The zero-order valence-electron chi connectivity index (χ0n) is 22.5. The minimum Gasteiger partial charge on any atom is -0.598 e. The van der Waals surface area contributed by atoms with Gasteiger partial charge in [0.25, 0.3) is 5.56 Å². The third-order valence-electron chi connectivity index (χ3n) is 6.21. The molecule has 1 aliphatic rings. The van der Waals surface area contributed by atoms with E-state index in [1.807, 2.05) is 67.5 Å². The molecule has 2 atom stereocenters. The van der Waals surface area contributed by atoms with Gasteiger partial charge in [-0.25, -0.2) is 9.78 Å². The van der Waals surface area contributed by atoms with E-state index in [9.17, 15) is 14.1 Å². The first-order valence-electron chi connectivity index (χ1n) is 12.3. The topological polar surface area (TPSA) is 99.5 Å². The minimum absolute atomic E-state index is 0.0527. The lowest BCUT2D eigenvalue weighted by Crippen LogP contribution is -2.42. The molecule has 0 bridgehead atoms. The highest BCUT2D eigenvalue weighted by Crippen LogP contribution is 2.30. The summed E-state index contributed by atoms with van der Waals surface area (Å²) in [6, 6.07) is 3.64. The standard InChI is InChI=1S/C26H40N4O4S/c1-16-14-19(17(2)28-35(33)26(6,7)8)21-20(15-16)23(31)29(9)22(27-21)18-10-12-30(13-11-18)24(32)34-25(3,4)5/h14-15,17-18,28H,10-13H2,1-9H3/t17?,35-/m1/s1. The number of fused-ring (bicyclic) bond motifs is 1. The van der Waals surface area contributed by atoms with Gasteiger partial charge in [-0.05, 0) is 79.9 Å². The second-order valence-electron chi connectivity index (χ2n) is 11.5. The fourth-order valence-corrected chi connectivity index (χ4v) is 5.11. The molecule has 1 aliphatic heterocycles. The minimum atomic E-state index is -1.26. The van der Waals surface area contributed by atoms with Crippen molar-refractivity contribution in [1.29, 1.82) is 0 Å². The Balaban J connectivity index is 1.93. The lowest BCUT2D eigenvalue weighted by Gasteiger charge is -2.33. The van der Waals surface area contributed by atoms with Crippen LogP contribution in [0.1, 0.15) is 90.2 Å². The summed E-state index contributed by atoms with van der Waals surface area (Å²) in [6.07, 6.45) is 1.10. The van der Waals surface area contributed by atoms with Crippen molar-refractivity contribution >= 4 is 28.4 Å². The Bertz CT molecular complexity index is 1140. The van der Waals surface area contributed by atoms with Crippen molar-refractivity contribution in [1.82, 2.24) is 19.2 Å². The van der Waals surface area contributed by atoms with Crippen LogP contribution in [-0.2, 0) is 23.1 Å². The number of aryl methyl sites for hydroxylation is 1. The molecule has 9 heteroatoms. The largest absolute Gasteiger partial charge is 0.598 e. The van der Waals surface area contributed by atoms with Crippen molar-refractivity contribution in [2.75, 3.05) is 13.1 Å². The number of carbonyl (C=O) groups is 1. The monoisotopic (exact) mass is 504 g/mol. The zero-order chi connectivity index (χ0) is 26.3. The van der Waals surface area contributed by atoms with E-state index >= 15 is 0 Å². The highest BCUT2D eigenvalue weighted by molar-refractivity contribution is 7.90. The van der Waals surface area contributed by atoms with Crippen molar-refractivity contribution in [2.45, 2.75) is 90.5 Å². The van der Waals surface area contributed by atoms with Crippen molar-refractivity contribution < 1.29 is 14.1 Å². The molecule has 1 fully saturated rings. The van der Waals surface area contributed by atoms with E-state index in [0.29, 0.717) is 36.8 Å². The second kappa shape index (κ2) is 10.1. The number of likely N-dealkylation sites (tertiary alicyclic amines) is 1. The molecule has 3 rings (SSSR count). The average Bonchev–Trinajstić information content (AvgIpc) is 2.74. The van der Waals surface area contributed by atoms with Crippen LogP contribution in [-0.4, -0.2) is 48.5 Å². The summed E-state index contributed by atoms with van der Waals surface area (Å²) in [4.78, 5) is 32.6. The van der Waals surface area contributed by atoms with Gasteiger partial charge in [0.15, 0.2) is 0 Å². The Morgan fingerprint density at radius 1 is 1.20 bits per heavy atom. The van der Waals surface area contributed by atoms with Gasteiger partial charge in [0, 0.05) is 43.0 Å². The number of aromatic nitrogens is 2. The maximum absolute atomic E-state index is 13.4. The fraction of sp³-hybridized carbons (Fsp3) is 0.654. The van der Waals surface area contributed by atoms with Gasteiger partial charge >= 0.3 is 6.09 Å². The highest BCUT2D eigenvalue weighted by atomic mass is 32.2. The van der Waals surface area contributed by atoms with E-state index in [0.717, 1.165) is 17.0 Å². The summed E-state index contributed by atoms with van der Waals surface area (Å²) in [5.74, 6) is 0.775. The van der Waals surface area contributed by atoms with Crippen LogP contribution in [0.2, 0.25) is 0 Å². The van der Waals surface area contributed by atoms with Crippen molar-refractivity contribution in [3.05, 3.63) is 39.4 Å². The van der Waals surface area contributed by atoms with E-state index in [1.54, 1.807) is 16.5 Å². The Kier molecular flexibility index (Phi) is 7.94. The maximum Gasteiger partial charge on any atom is 0.410 e. The van der Waals surface area contributed by atoms with Gasteiger partial charge in [0.2, 0.25) is 0 Å². The number of piperidine rings is 1. The number of ether oxygens (including phenoxy) is 1. The molecule has 2 aromatic rings. The number of hydrogen-bond donors (Lipinski definition) is 1. The summed E-state index contributed by atoms with van der Waals surface area (Å²) in [7, 11) is 1.77. The van der Waals surface area contributed by atoms with Crippen molar-refractivity contribution in [3.8, 4) is 0 Å². The summed E-state index contributed by atoms with van der Waals surface area (Å²) in [5.41, 5.74) is 1.85. The normalized spacial score (nSPS) is 17.5. The molecule has 1 aromatic heterocycles. The molecule has 194 valence electrons. The molecule has 1 unspecified atom stereocenters. The molecule has 1 amide bonds. The number of benzene rings is 1. The number of nitrogens with one attached hydrogen (secondary N) is 1. The Labute approximate surface area is 211 Å². The molecule has 1 N–H and O–H groups in total.